The zero-order valence-corrected chi connectivity index (χ0v) is 15.3. The highest BCUT2D eigenvalue weighted by molar-refractivity contribution is 8.00. The van der Waals surface area contributed by atoms with Crippen molar-refractivity contribution >= 4 is 28.7 Å². The quantitative estimate of drug-likeness (QED) is 0.659. The normalized spacial score (nSPS) is 15.2. The van der Waals surface area contributed by atoms with Crippen LogP contribution in [0.5, 0.6) is 0 Å². The Kier molecular flexibility index (Phi) is 4.68. The lowest BCUT2D eigenvalue weighted by molar-refractivity contribution is -0.120. The van der Waals surface area contributed by atoms with Crippen LogP contribution in [0.4, 0.5) is 4.39 Å². The van der Waals surface area contributed by atoms with Crippen molar-refractivity contribution in [3.63, 3.8) is 0 Å². The van der Waals surface area contributed by atoms with Crippen LogP contribution in [0.15, 0.2) is 53.7 Å². The molecule has 0 aliphatic heterocycles. The minimum atomic E-state index is -0.460. The van der Waals surface area contributed by atoms with Crippen LogP contribution in [0.2, 0.25) is 0 Å². The van der Waals surface area contributed by atoms with Crippen LogP contribution in [0.25, 0.3) is 11.0 Å². The molecule has 1 fully saturated rings. The number of thioether (sulfide) groups is 1. The van der Waals surface area contributed by atoms with Gasteiger partial charge in [-0.2, -0.15) is 0 Å². The Morgan fingerprint density at radius 3 is 2.69 bits per heavy atom. The molecule has 1 heterocycles. The molecule has 1 N–H and O–H groups in total. The van der Waals surface area contributed by atoms with Crippen molar-refractivity contribution in [2.45, 2.75) is 42.8 Å². The molecule has 0 spiro atoms. The Morgan fingerprint density at radius 1 is 1.27 bits per heavy atom. The van der Waals surface area contributed by atoms with E-state index in [1.54, 1.807) is 12.1 Å². The molecule has 2 aromatic carbocycles. The fourth-order valence-electron chi connectivity index (χ4n) is 2.97. The summed E-state index contributed by atoms with van der Waals surface area (Å²) >= 11 is 1.42. The van der Waals surface area contributed by atoms with Crippen LogP contribution in [-0.4, -0.2) is 21.5 Å². The molecule has 1 unspecified atom stereocenters. The molecule has 1 saturated carbocycles. The van der Waals surface area contributed by atoms with E-state index in [9.17, 15) is 9.18 Å². The molecule has 6 heteroatoms. The van der Waals surface area contributed by atoms with E-state index in [1.165, 1.54) is 23.9 Å². The van der Waals surface area contributed by atoms with E-state index in [0.717, 1.165) is 41.1 Å². The molecule has 26 heavy (non-hydrogen) atoms. The van der Waals surface area contributed by atoms with Crippen LogP contribution in [0, 0.1) is 5.82 Å². The number of nitrogens with one attached hydrogen (secondary N) is 1. The van der Waals surface area contributed by atoms with Gasteiger partial charge in [-0.25, -0.2) is 9.37 Å². The Hall–Kier alpha value is -2.34. The Labute approximate surface area is 155 Å². The van der Waals surface area contributed by atoms with Crippen LogP contribution < -0.4 is 5.32 Å². The van der Waals surface area contributed by atoms with Gasteiger partial charge in [0.15, 0.2) is 5.16 Å². The van der Waals surface area contributed by atoms with E-state index in [4.69, 9.17) is 4.98 Å². The molecule has 1 amide bonds. The highest BCUT2D eigenvalue weighted by atomic mass is 32.2. The average molecular weight is 369 g/mol. The zero-order chi connectivity index (χ0) is 18.1. The summed E-state index contributed by atoms with van der Waals surface area (Å²) < 4.78 is 15.4. The zero-order valence-electron chi connectivity index (χ0n) is 14.5. The van der Waals surface area contributed by atoms with Crippen molar-refractivity contribution in [1.82, 2.24) is 14.9 Å². The predicted molar refractivity (Wildman–Crippen MR) is 102 cm³/mol. The number of carbonyl (C=O) groups excluding carboxylic acids is 1. The number of benzene rings is 2. The van der Waals surface area contributed by atoms with Gasteiger partial charge < -0.3 is 9.88 Å². The maximum Gasteiger partial charge on any atom is 0.238 e. The third-order valence-corrected chi connectivity index (χ3v) is 5.74. The number of aromatic nitrogens is 2. The summed E-state index contributed by atoms with van der Waals surface area (Å²) in [4.78, 5) is 17.6. The van der Waals surface area contributed by atoms with Gasteiger partial charge in [0.1, 0.15) is 11.1 Å². The van der Waals surface area contributed by atoms with Crippen LogP contribution in [0.3, 0.4) is 0 Å². The van der Waals surface area contributed by atoms with E-state index < -0.39 is 5.25 Å². The maximum atomic E-state index is 13.3. The summed E-state index contributed by atoms with van der Waals surface area (Å²) in [6.07, 6.45) is 2.06. The minimum absolute atomic E-state index is 0.0428. The first-order chi connectivity index (χ1) is 12.7. The lowest BCUT2D eigenvalue weighted by Crippen LogP contribution is -2.30. The van der Waals surface area contributed by atoms with Gasteiger partial charge in [-0.3, -0.25) is 4.79 Å². The van der Waals surface area contributed by atoms with Gasteiger partial charge in [-0.15, -0.1) is 0 Å². The van der Waals surface area contributed by atoms with E-state index in [1.807, 2.05) is 24.3 Å². The number of imidazole rings is 1. The van der Waals surface area contributed by atoms with E-state index in [0.29, 0.717) is 0 Å². The van der Waals surface area contributed by atoms with Crippen LogP contribution in [0.1, 0.15) is 30.6 Å². The van der Waals surface area contributed by atoms with Gasteiger partial charge in [0.2, 0.25) is 5.91 Å². The molecule has 1 aliphatic carbocycles. The van der Waals surface area contributed by atoms with E-state index in [-0.39, 0.29) is 17.8 Å². The van der Waals surface area contributed by atoms with Crippen molar-refractivity contribution in [2.75, 3.05) is 0 Å². The second-order valence-electron chi connectivity index (χ2n) is 6.46. The molecule has 1 aliphatic rings. The number of carbonyl (C=O) groups is 1. The Balaban J connectivity index is 1.69. The second-order valence-corrected chi connectivity index (χ2v) is 7.53. The number of aryl methyl sites for hydroxylation is 1. The summed E-state index contributed by atoms with van der Waals surface area (Å²) in [5, 5.41) is 3.41. The first-order valence-electron chi connectivity index (χ1n) is 8.83. The van der Waals surface area contributed by atoms with Gasteiger partial charge in [-0.05, 0) is 49.6 Å². The van der Waals surface area contributed by atoms with Gasteiger partial charge in [0.25, 0.3) is 0 Å². The molecule has 4 rings (SSSR count). The number of hydrogen-bond acceptors (Lipinski definition) is 3. The van der Waals surface area contributed by atoms with Crippen LogP contribution >= 0.6 is 11.8 Å². The summed E-state index contributed by atoms with van der Waals surface area (Å²) in [6.45, 7) is 2.83. The third kappa shape index (κ3) is 3.46. The van der Waals surface area contributed by atoms with Gasteiger partial charge in [0.05, 0.1) is 11.0 Å². The van der Waals surface area contributed by atoms with Gasteiger partial charge >= 0.3 is 0 Å². The van der Waals surface area contributed by atoms with Gasteiger partial charge in [0, 0.05) is 12.6 Å². The Morgan fingerprint density at radius 2 is 2.00 bits per heavy atom. The highest BCUT2D eigenvalue weighted by Gasteiger charge is 2.30. The van der Waals surface area contributed by atoms with Gasteiger partial charge in [-0.1, -0.05) is 36.0 Å². The number of fused-ring (bicyclic) bond motifs is 1. The number of rotatable bonds is 6. The number of para-hydroxylation sites is 2. The summed E-state index contributed by atoms with van der Waals surface area (Å²) in [5.74, 6) is -0.347. The maximum absolute atomic E-state index is 13.3. The lowest BCUT2D eigenvalue weighted by atomic mass is 10.1. The first kappa shape index (κ1) is 17.1. The number of nitrogens with zero attached hydrogens (tertiary/aromatic N) is 2. The highest BCUT2D eigenvalue weighted by Crippen LogP contribution is 2.37. The van der Waals surface area contributed by atoms with Crippen molar-refractivity contribution in [3.8, 4) is 0 Å². The minimum Gasteiger partial charge on any atom is -0.352 e. The largest absolute Gasteiger partial charge is 0.352 e. The van der Waals surface area contributed by atoms with E-state index in [2.05, 4.69) is 16.8 Å². The Bertz CT molecular complexity index is 934. The molecule has 1 aromatic heterocycles. The van der Waals surface area contributed by atoms with Crippen molar-refractivity contribution < 1.29 is 9.18 Å². The molecular formula is C20H20FN3OS. The number of hydrogen-bond donors (Lipinski definition) is 1. The number of amides is 1. The average Bonchev–Trinajstić information content (AvgIpc) is 3.38. The van der Waals surface area contributed by atoms with Crippen LogP contribution in [-0.2, 0) is 11.3 Å². The summed E-state index contributed by atoms with van der Waals surface area (Å²) in [5.41, 5.74) is 2.75. The third-order valence-electron chi connectivity index (χ3n) is 4.49. The molecule has 134 valence electrons. The smallest absolute Gasteiger partial charge is 0.238 e. The standard InChI is InChI=1S/C20H20FN3OS/c1-2-24-17-6-4-3-5-16(17)23-20(24)26-18(19(25)22-15-11-12-15)13-7-9-14(21)10-8-13/h3-10,15,18H,2,11-12H2,1H3,(H,22,25). The summed E-state index contributed by atoms with van der Waals surface area (Å²) in [7, 11) is 0. The first-order valence-corrected chi connectivity index (χ1v) is 9.71. The molecule has 1 atom stereocenters. The molecule has 0 radical (unpaired) electrons. The monoisotopic (exact) mass is 369 g/mol. The van der Waals surface area contributed by atoms with Crippen molar-refractivity contribution in [2.24, 2.45) is 0 Å². The van der Waals surface area contributed by atoms with E-state index >= 15 is 0 Å². The lowest BCUT2D eigenvalue weighted by Gasteiger charge is -2.17. The van der Waals surface area contributed by atoms with Crippen molar-refractivity contribution in [1.29, 1.82) is 0 Å². The fraction of sp³-hybridized carbons (Fsp3) is 0.300. The predicted octanol–water partition coefficient (Wildman–Crippen LogP) is 4.31. The second kappa shape index (κ2) is 7.11. The topological polar surface area (TPSA) is 46.9 Å². The summed E-state index contributed by atoms with van der Waals surface area (Å²) in [6, 6.07) is 14.4. The van der Waals surface area contributed by atoms with Crippen molar-refractivity contribution in [3.05, 3.63) is 59.9 Å². The molecule has 0 saturated heterocycles. The molecule has 4 nitrogen and oxygen atoms in total. The fourth-order valence-corrected chi connectivity index (χ4v) is 4.15. The number of halogens is 1. The SMILES string of the molecule is CCn1c(SC(C(=O)NC2CC2)c2ccc(F)cc2)nc2ccccc21. The molecule has 3 aromatic rings. The molecule has 0 bridgehead atoms. The molecular weight excluding hydrogens is 349 g/mol.